The molecule has 0 radical (unpaired) electrons. The van der Waals surface area contributed by atoms with E-state index in [0.717, 1.165) is 4.90 Å². The quantitative estimate of drug-likeness (QED) is 0.0865. The molecule has 0 aliphatic carbocycles. The first-order valence-corrected chi connectivity index (χ1v) is 23.5. The van der Waals surface area contributed by atoms with Crippen LogP contribution in [-0.2, 0) is 52.6 Å². The Morgan fingerprint density at radius 2 is 1.43 bits per heavy atom. The molecular formula is C45H54N8O13S2. The number of nitrogens with two attached hydrogens (primary N) is 1. The Labute approximate surface area is 400 Å². The fourth-order valence-electron chi connectivity index (χ4n) is 7.94. The molecule has 2 aromatic rings. The van der Waals surface area contributed by atoms with Crippen molar-refractivity contribution in [1.82, 2.24) is 35.6 Å². The minimum Gasteiger partial charge on any atom is -0.480 e. The minimum atomic E-state index is -1.26. The van der Waals surface area contributed by atoms with Crippen LogP contribution in [0.4, 0.5) is 4.79 Å². The Hall–Kier alpha value is -6.46. The maximum Gasteiger partial charge on any atom is 0.357 e. The van der Waals surface area contributed by atoms with Crippen LogP contribution < -0.4 is 21.7 Å². The van der Waals surface area contributed by atoms with Crippen LogP contribution in [0, 0.1) is 5.41 Å². The molecule has 7 rings (SSSR count). The van der Waals surface area contributed by atoms with Crippen molar-refractivity contribution in [2.75, 3.05) is 32.2 Å². The molecule has 23 heteroatoms. The molecule has 0 saturated carbocycles. The summed E-state index contributed by atoms with van der Waals surface area (Å²) in [5.74, 6) is -5.80. The number of urea groups is 1. The molecule has 0 unspecified atom stereocenters. The molecule has 8 amide bonds. The SMILES string of the molecule is CC1=C(C(=O)OCOC(=O)C(C)(C)C)N2C(=O)[C@@H](NC(=O)[C@H](N)c3ccccc3)[C@H]2SC1.CCN1CCN(C(=O)N[C@@H](C(=O)N[C@@H]2C(=O)N3[C@@H]2SC(C)(C)[C@@H]3C(=O)O)c2ccccc2)C(=O)C1=O. The molecule has 364 valence electrons. The molecule has 6 N–H and O–H groups in total. The van der Waals surface area contributed by atoms with Crippen LogP contribution in [0.2, 0.25) is 0 Å². The fraction of sp³-hybridized carbons (Fsp3) is 0.467. The van der Waals surface area contributed by atoms with Crippen LogP contribution in [0.15, 0.2) is 71.9 Å². The second-order valence-electron chi connectivity index (χ2n) is 17.9. The van der Waals surface area contributed by atoms with Gasteiger partial charge in [-0.15, -0.1) is 23.5 Å². The maximum absolute atomic E-state index is 13.3. The number of amides is 8. The van der Waals surface area contributed by atoms with Crippen molar-refractivity contribution in [2.24, 2.45) is 11.1 Å². The molecule has 21 nitrogen and oxygen atoms in total. The third kappa shape index (κ3) is 10.3. The summed E-state index contributed by atoms with van der Waals surface area (Å²) in [4.78, 5) is 130. The normalized spacial score (nSPS) is 23.6. The number of esters is 2. The number of thioether (sulfide) groups is 2. The number of benzene rings is 2. The van der Waals surface area contributed by atoms with E-state index >= 15 is 0 Å². The molecule has 0 spiro atoms. The Morgan fingerprint density at radius 3 is 2.01 bits per heavy atom. The highest BCUT2D eigenvalue weighted by Crippen LogP contribution is 2.51. The van der Waals surface area contributed by atoms with Gasteiger partial charge in [0.25, 0.3) is 5.91 Å². The zero-order valence-electron chi connectivity index (χ0n) is 38.4. The molecule has 4 saturated heterocycles. The largest absolute Gasteiger partial charge is 0.480 e. The molecule has 5 heterocycles. The highest BCUT2D eigenvalue weighted by atomic mass is 32.2. The van der Waals surface area contributed by atoms with Gasteiger partial charge in [-0.2, -0.15) is 0 Å². The number of carboxylic acid groups (broad SMARTS) is 1. The predicted molar refractivity (Wildman–Crippen MR) is 245 cm³/mol. The van der Waals surface area contributed by atoms with Gasteiger partial charge in [0.05, 0.1) is 5.41 Å². The van der Waals surface area contributed by atoms with Gasteiger partial charge in [0.1, 0.15) is 46.7 Å². The smallest absolute Gasteiger partial charge is 0.357 e. The highest BCUT2D eigenvalue weighted by molar-refractivity contribution is 8.01. The zero-order valence-corrected chi connectivity index (χ0v) is 40.0. The van der Waals surface area contributed by atoms with E-state index in [0.29, 0.717) is 29.0 Å². The van der Waals surface area contributed by atoms with E-state index in [4.69, 9.17) is 15.2 Å². The number of carboxylic acids is 1. The van der Waals surface area contributed by atoms with E-state index in [1.54, 1.807) is 103 Å². The molecule has 2 aromatic carbocycles. The molecular weight excluding hydrogens is 925 g/mol. The van der Waals surface area contributed by atoms with E-state index in [2.05, 4.69) is 16.0 Å². The third-order valence-corrected chi connectivity index (χ3v) is 14.7. The lowest BCUT2D eigenvalue weighted by atomic mass is 9.95. The number of aliphatic carboxylic acids is 1. The van der Waals surface area contributed by atoms with Crippen molar-refractivity contribution in [1.29, 1.82) is 0 Å². The number of carbonyl (C=O) groups excluding carboxylic acids is 9. The molecule has 0 aromatic heterocycles. The minimum absolute atomic E-state index is 0.0200. The number of piperazine rings is 1. The average Bonchev–Trinajstić information content (AvgIpc) is 3.57. The van der Waals surface area contributed by atoms with Gasteiger partial charge in [0.2, 0.25) is 24.5 Å². The topological polar surface area (TPSA) is 284 Å². The number of ether oxygens (including phenoxy) is 2. The van der Waals surface area contributed by atoms with Crippen LogP contribution in [-0.4, -0.2) is 150 Å². The predicted octanol–water partition coefficient (Wildman–Crippen LogP) is 1.21. The first-order chi connectivity index (χ1) is 32.0. The lowest BCUT2D eigenvalue weighted by Gasteiger charge is -2.49. The van der Waals surface area contributed by atoms with Crippen molar-refractivity contribution < 1.29 is 62.5 Å². The summed E-state index contributed by atoms with van der Waals surface area (Å²) in [7, 11) is 0. The Kier molecular flexibility index (Phi) is 15.3. The number of nitrogens with one attached hydrogen (secondary N) is 3. The van der Waals surface area contributed by atoms with Gasteiger partial charge in [0, 0.05) is 30.1 Å². The summed E-state index contributed by atoms with van der Waals surface area (Å²) >= 11 is 2.72. The van der Waals surface area contributed by atoms with E-state index in [1.807, 2.05) is 6.07 Å². The lowest BCUT2D eigenvalue weighted by molar-refractivity contribution is -0.173. The van der Waals surface area contributed by atoms with Crippen molar-refractivity contribution >= 4 is 82.9 Å². The summed E-state index contributed by atoms with van der Waals surface area (Å²) in [6.45, 7) is 11.9. The Balaban J connectivity index is 0.000000226. The fourth-order valence-corrected chi connectivity index (χ4v) is 10.9. The van der Waals surface area contributed by atoms with Crippen molar-refractivity contribution in [3.05, 3.63) is 83.1 Å². The van der Waals surface area contributed by atoms with E-state index < -0.39 is 117 Å². The number of β-lactam (4-membered cyclic amide) rings is 2. The van der Waals surface area contributed by atoms with Gasteiger partial charge in [-0.3, -0.25) is 43.4 Å². The number of likely N-dealkylation sites (N-methyl/N-ethyl adjacent to an activating group) is 1. The van der Waals surface area contributed by atoms with Crippen molar-refractivity contribution in [2.45, 2.75) is 94.2 Å². The van der Waals surface area contributed by atoms with Gasteiger partial charge >= 0.3 is 35.8 Å². The number of nitrogens with zero attached hydrogens (tertiary/aromatic N) is 4. The van der Waals surface area contributed by atoms with Crippen molar-refractivity contribution in [3.63, 3.8) is 0 Å². The van der Waals surface area contributed by atoms with Crippen LogP contribution >= 0.6 is 23.5 Å². The van der Waals surface area contributed by atoms with Gasteiger partial charge in [-0.25, -0.2) is 14.4 Å². The molecule has 4 fully saturated rings. The van der Waals surface area contributed by atoms with Gasteiger partial charge < -0.3 is 46.1 Å². The van der Waals surface area contributed by atoms with Gasteiger partial charge in [-0.1, -0.05) is 60.7 Å². The van der Waals surface area contributed by atoms with Crippen LogP contribution in [0.1, 0.15) is 71.7 Å². The number of imide groups is 1. The first-order valence-electron chi connectivity index (χ1n) is 21.6. The van der Waals surface area contributed by atoms with Crippen LogP contribution in [0.25, 0.3) is 0 Å². The standard InChI is InChI=1S/C23H27N5O7S.C22H27N3O6S/c1-4-26-10-11-27(19(32)18(26)31)22(35)25-13(12-8-6-5-7-9-12)16(29)24-14-17(30)28-15(21(33)34)23(2,3)36-20(14)28;1-12-10-32-19-15(24-17(26)14(23)13-8-6-5-7-9-13)18(27)25(19)16(12)20(28)30-11-31-21(29)22(2,3)4/h5-9,13-15,20H,4,10-11H2,1-3H3,(H,24,29)(H,25,35)(H,33,34);5-9,14-15,19H,10-11,23H2,1-4H3,(H,24,26)/t13-,14-,15+,20-;14-,15-,19-/m11/s1. The van der Waals surface area contributed by atoms with Crippen LogP contribution in [0.5, 0.6) is 0 Å². The summed E-state index contributed by atoms with van der Waals surface area (Å²) < 4.78 is 9.29. The number of hydrogen-bond acceptors (Lipinski definition) is 15. The second-order valence-corrected chi connectivity index (χ2v) is 20.7. The third-order valence-electron chi connectivity index (χ3n) is 11.7. The molecule has 7 atom stereocenters. The van der Waals surface area contributed by atoms with Crippen molar-refractivity contribution in [3.8, 4) is 0 Å². The first kappa shape index (κ1) is 50.9. The number of fused-ring (bicyclic) bond motifs is 2. The van der Waals surface area contributed by atoms with Gasteiger partial charge in [0.15, 0.2) is 0 Å². The molecule has 68 heavy (non-hydrogen) atoms. The summed E-state index contributed by atoms with van der Waals surface area (Å²) in [5, 5.41) is 16.4. The number of rotatable bonds is 12. The molecule has 5 aliphatic rings. The maximum atomic E-state index is 13.3. The monoisotopic (exact) mass is 978 g/mol. The summed E-state index contributed by atoms with van der Waals surface area (Å²) in [6, 6.07) is 11.3. The summed E-state index contributed by atoms with van der Waals surface area (Å²) in [6.07, 6.45) is 0. The lowest BCUT2D eigenvalue weighted by Crippen LogP contribution is -2.71. The van der Waals surface area contributed by atoms with Gasteiger partial charge in [-0.05, 0) is 65.2 Å². The molecule has 0 bridgehead atoms. The Bertz CT molecular complexity index is 2410. The van der Waals surface area contributed by atoms with Crippen LogP contribution in [0.3, 0.4) is 0 Å². The Morgan fingerprint density at radius 1 is 0.838 bits per heavy atom. The summed E-state index contributed by atoms with van der Waals surface area (Å²) in [5.41, 5.74) is 7.11. The zero-order chi connectivity index (χ0) is 50.0. The highest BCUT2D eigenvalue weighted by Gasteiger charge is 2.64. The van der Waals surface area contributed by atoms with E-state index in [9.17, 15) is 53.1 Å². The van der Waals surface area contributed by atoms with E-state index in [1.165, 1.54) is 38.2 Å². The number of carbonyl (C=O) groups is 10. The second kappa shape index (κ2) is 20.4. The average molecular weight is 979 g/mol. The van der Waals surface area contributed by atoms with E-state index in [-0.39, 0.29) is 18.8 Å². The molecule has 5 aliphatic heterocycles. The number of hydrogen-bond donors (Lipinski definition) is 5.